The van der Waals surface area contributed by atoms with Gasteiger partial charge in [0.05, 0.1) is 0 Å². The second-order valence-corrected chi connectivity index (χ2v) is 5.74. The minimum absolute atomic E-state index is 0.0995. The lowest BCUT2D eigenvalue weighted by Gasteiger charge is -2.29. The number of ether oxygens (including phenoxy) is 5. The van der Waals surface area contributed by atoms with E-state index in [-0.39, 0.29) is 13.2 Å². The normalized spacial score (nSPS) is 27.0. The van der Waals surface area contributed by atoms with Gasteiger partial charge in [-0.05, 0) is 0 Å². The highest BCUT2D eigenvalue weighted by atomic mass is 16.6. The average molecular weight is 356 g/mol. The highest BCUT2D eigenvalue weighted by Crippen LogP contribution is 2.43. The summed E-state index contributed by atoms with van der Waals surface area (Å²) in [6.07, 6.45) is -3.22. The molecule has 0 aliphatic carbocycles. The first kappa shape index (κ1) is 18.9. The van der Waals surface area contributed by atoms with Crippen LogP contribution in [0.5, 0.6) is 0 Å². The van der Waals surface area contributed by atoms with Crippen LogP contribution >= 0.6 is 0 Å². The molecule has 138 valence electrons. The molecule has 0 saturated carbocycles. The molecule has 0 unspecified atom stereocenters. The summed E-state index contributed by atoms with van der Waals surface area (Å²) in [7, 11) is 0. The number of esters is 4. The van der Waals surface area contributed by atoms with E-state index in [0.29, 0.717) is 11.1 Å². The van der Waals surface area contributed by atoms with E-state index < -0.39 is 48.3 Å². The van der Waals surface area contributed by atoms with Crippen LogP contribution in [0.2, 0.25) is 0 Å². The minimum Gasteiger partial charge on any atom is -0.461 e. The third kappa shape index (κ3) is 4.36. The second kappa shape index (κ2) is 7.64. The summed E-state index contributed by atoms with van der Waals surface area (Å²) in [6, 6.07) is 0. The molecule has 25 heavy (non-hydrogen) atoms. The lowest BCUT2D eigenvalue weighted by atomic mass is 9.88. The van der Waals surface area contributed by atoms with E-state index in [1.165, 1.54) is 27.7 Å². The predicted octanol–water partition coefficient (Wildman–Crippen LogP) is 0.0536. The van der Waals surface area contributed by atoms with E-state index in [0.717, 1.165) is 0 Å². The maximum atomic E-state index is 11.4. The molecule has 1 fully saturated rings. The summed E-state index contributed by atoms with van der Waals surface area (Å²) in [6.45, 7) is 4.77. The number of fused-ring (bicyclic) bond motifs is 2. The van der Waals surface area contributed by atoms with Gasteiger partial charge in [0.25, 0.3) is 0 Å². The maximum absolute atomic E-state index is 11.4. The van der Waals surface area contributed by atoms with Crippen molar-refractivity contribution in [1.82, 2.24) is 0 Å². The summed E-state index contributed by atoms with van der Waals surface area (Å²) in [4.78, 5) is 45.0. The van der Waals surface area contributed by atoms with Crippen molar-refractivity contribution in [2.24, 2.45) is 0 Å². The standard InChI is InChI=1S/C16H20O9/c1-7(17)21-5-11-12(6-22-8(2)18)14-16(24-10(4)20)15(13(11)25-14)23-9(3)19/h13-16H,5-6H2,1-4H3/t13-,14+,15+,16-. The van der Waals surface area contributed by atoms with Crippen LogP contribution in [-0.4, -0.2) is 61.5 Å². The first-order valence-electron chi connectivity index (χ1n) is 7.69. The topological polar surface area (TPSA) is 114 Å². The zero-order valence-corrected chi connectivity index (χ0v) is 14.4. The molecule has 2 aliphatic rings. The van der Waals surface area contributed by atoms with Crippen molar-refractivity contribution in [3.63, 3.8) is 0 Å². The summed E-state index contributed by atoms with van der Waals surface area (Å²) in [5, 5.41) is 0. The summed E-state index contributed by atoms with van der Waals surface area (Å²) in [5.74, 6) is -2.12. The Bertz CT molecular complexity index is 569. The quantitative estimate of drug-likeness (QED) is 0.370. The van der Waals surface area contributed by atoms with Gasteiger partial charge in [-0.25, -0.2) is 0 Å². The molecule has 0 aromatic heterocycles. The molecule has 0 N–H and O–H groups in total. The molecule has 2 bridgehead atoms. The first-order chi connectivity index (χ1) is 11.7. The fourth-order valence-corrected chi connectivity index (χ4v) is 2.93. The van der Waals surface area contributed by atoms with E-state index in [1.54, 1.807) is 0 Å². The Morgan fingerprint density at radius 3 is 1.36 bits per heavy atom. The molecule has 2 aliphatic heterocycles. The Morgan fingerprint density at radius 2 is 1.08 bits per heavy atom. The van der Waals surface area contributed by atoms with Crippen LogP contribution in [0.4, 0.5) is 0 Å². The molecule has 0 aromatic carbocycles. The number of rotatable bonds is 6. The Balaban J connectivity index is 2.32. The van der Waals surface area contributed by atoms with Crippen molar-refractivity contribution in [2.45, 2.75) is 52.1 Å². The van der Waals surface area contributed by atoms with E-state index in [4.69, 9.17) is 23.7 Å². The van der Waals surface area contributed by atoms with Crippen molar-refractivity contribution in [3.05, 3.63) is 11.1 Å². The largest absolute Gasteiger partial charge is 0.461 e. The van der Waals surface area contributed by atoms with Crippen LogP contribution in [0.25, 0.3) is 0 Å². The number of carbonyl (C=O) groups excluding carboxylic acids is 4. The smallest absolute Gasteiger partial charge is 0.303 e. The van der Waals surface area contributed by atoms with Gasteiger partial charge in [-0.3, -0.25) is 19.2 Å². The van der Waals surface area contributed by atoms with Gasteiger partial charge in [-0.15, -0.1) is 0 Å². The molecule has 0 spiro atoms. The van der Waals surface area contributed by atoms with Gasteiger partial charge in [0.15, 0.2) is 12.2 Å². The van der Waals surface area contributed by atoms with Crippen molar-refractivity contribution in [2.75, 3.05) is 13.2 Å². The zero-order chi connectivity index (χ0) is 18.7. The third-order valence-corrected chi connectivity index (χ3v) is 3.78. The van der Waals surface area contributed by atoms with Crippen LogP contribution in [0.3, 0.4) is 0 Å². The summed E-state index contributed by atoms with van der Waals surface area (Å²) < 4.78 is 26.3. The lowest BCUT2D eigenvalue weighted by molar-refractivity contribution is -0.164. The molecular weight excluding hydrogens is 336 g/mol. The van der Waals surface area contributed by atoms with Gasteiger partial charge in [0.1, 0.15) is 25.4 Å². The molecule has 1 saturated heterocycles. The van der Waals surface area contributed by atoms with Gasteiger partial charge < -0.3 is 23.7 Å². The fourth-order valence-electron chi connectivity index (χ4n) is 2.93. The molecule has 4 atom stereocenters. The molecule has 9 heteroatoms. The number of hydrogen-bond donors (Lipinski definition) is 0. The van der Waals surface area contributed by atoms with Crippen molar-refractivity contribution in [3.8, 4) is 0 Å². The van der Waals surface area contributed by atoms with Crippen LogP contribution in [-0.2, 0) is 42.9 Å². The fraction of sp³-hybridized carbons (Fsp3) is 0.625. The molecule has 2 rings (SSSR count). The zero-order valence-electron chi connectivity index (χ0n) is 14.4. The van der Waals surface area contributed by atoms with Crippen LogP contribution in [0, 0.1) is 0 Å². The molecule has 0 radical (unpaired) electrons. The lowest BCUT2D eigenvalue weighted by Crippen LogP contribution is -2.45. The van der Waals surface area contributed by atoms with Gasteiger partial charge in [0, 0.05) is 38.8 Å². The third-order valence-electron chi connectivity index (χ3n) is 3.78. The van der Waals surface area contributed by atoms with Crippen LogP contribution < -0.4 is 0 Å². The number of hydrogen-bond acceptors (Lipinski definition) is 9. The van der Waals surface area contributed by atoms with E-state index in [1.807, 2.05) is 0 Å². The molecule has 0 amide bonds. The SMILES string of the molecule is CC(=O)OCC1=C(COC(C)=O)[C@@H]2O[C@H]1[C@H](OC(C)=O)[C@@H]2OC(C)=O. The first-order valence-corrected chi connectivity index (χ1v) is 7.69. The van der Waals surface area contributed by atoms with E-state index >= 15 is 0 Å². The molecule has 2 heterocycles. The van der Waals surface area contributed by atoms with Crippen LogP contribution in [0.1, 0.15) is 27.7 Å². The Labute approximate surface area is 144 Å². The van der Waals surface area contributed by atoms with Crippen LogP contribution in [0.15, 0.2) is 11.1 Å². The maximum Gasteiger partial charge on any atom is 0.303 e. The van der Waals surface area contributed by atoms with Gasteiger partial charge >= 0.3 is 23.9 Å². The van der Waals surface area contributed by atoms with Gasteiger partial charge in [-0.1, -0.05) is 0 Å². The number of carbonyl (C=O) groups is 4. The Morgan fingerprint density at radius 1 is 0.720 bits per heavy atom. The van der Waals surface area contributed by atoms with Gasteiger partial charge in [0.2, 0.25) is 0 Å². The Hall–Kier alpha value is -2.42. The molecule has 9 nitrogen and oxygen atoms in total. The van der Waals surface area contributed by atoms with Crippen molar-refractivity contribution in [1.29, 1.82) is 0 Å². The van der Waals surface area contributed by atoms with Crippen molar-refractivity contribution < 1.29 is 42.9 Å². The molecular formula is C16H20O9. The van der Waals surface area contributed by atoms with Gasteiger partial charge in [-0.2, -0.15) is 0 Å². The highest BCUT2D eigenvalue weighted by molar-refractivity contribution is 5.69. The van der Waals surface area contributed by atoms with E-state index in [2.05, 4.69) is 0 Å². The molecule has 0 aromatic rings. The van der Waals surface area contributed by atoms with Crippen molar-refractivity contribution >= 4 is 23.9 Å². The monoisotopic (exact) mass is 356 g/mol. The van der Waals surface area contributed by atoms with E-state index in [9.17, 15) is 19.2 Å². The Kier molecular flexibility index (Phi) is 5.78. The average Bonchev–Trinajstić information content (AvgIpc) is 2.98. The summed E-state index contributed by atoms with van der Waals surface area (Å²) >= 11 is 0. The minimum atomic E-state index is -0.863. The summed E-state index contributed by atoms with van der Waals surface area (Å²) in [5.41, 5.74) is 1.08. The predicted molar refractivity (Wildman–Crippen MR) is 80.1 cm³/mol. The second-order valence-electron chi connectivity index (χ2n) is 5.74. The highest BCUT2D eigenvalue weighted by Gasteiger charge is 2.57.